The van der Waals surface area contributed by atoms with Crippen molar-refractivity contribution in [2.75, 3.05) is 0 Å². The number of hydrogen-bond donors (Lipinski definition) is 1. The number of hydrogen-bond acceptors (Lipinski definition) is 4. The smallest absolute Gasteiger partial charge is 0.335 e. The average Bonchev–Trinajstić information content (AvgIpc) is 2.63. The number of rotatable bonds is 6. The van der Waals surface area contributed by atoms with E-state index in [1.807, 2.05) is 6.92 Å². The SMILES string of the molecule is C[C@H](Cc1cc(C(=O)O)cc(Cc2cnccn2)n1)c1ccc(F)cc1. The summed E-state index contributed by atoms with van der Waals surface area (Å²) in [6, 6.07) is 9.47. The second kappa shape index (κ2) is 7.82. The van der Waals surface area contributed by atoms with Gasteiger partial charge in [0.1, 0.15) is 5.82 Å². The Hall–Kier alpha value is -3.15. The Morgan fingerprint density at radius 3 is 2.50 bits per heavy atom. The van der Waals surface area contributed by atoms with Gasteiger partial charge in [0, 0.05) is 36.4 Å². The van der Waals surface area contributed by atoms with Crippen LogP contribution in [0.2, 0.25) is 0 Å². The Morgan fingerprint density at radius 2 is 1.85 bits per heavy atom. The lowest BCUT2D eigenvalue weighted by molar-refractivity contribution is 0.0696. The zero-order valence-electron chi connectivity index (χ0n) is 14.3. The Labute approximate surface area is 150 Å². The van der Waals surface area contributed by atoms with Crippen LogP contribution in [0.5, 0.6) is 0 Å². The number of pyridine rings is 1. The molecule has 1 N–H and O–H groups in total. The lowest BCUT2D eigenvalue weighted by Gasteiger charge is -2.13. The van der Waals surface area contributed by atoms with E-state index in [4.69, 9.17) is 0 Å². The summed E-state index contributed by atoms with van der Waals surface area (Å²) in [6.07, 6.45) is 5.78. The summed E-state index contributed by atoms with van der Waals surface area (Å²) in [5.74, 6) is -1.20. The maximum absolute atomic E-state index is 13.1. The van der Waals surface area contributed by atoms with E-state index in [-0.39, 0.29) is 17.3 Å². The molecule has 0 saturated carbocycles. The van der Waals surface area contributed by atoms with E-state index >= 15 is 0 Å². The van der Waals surface area contributed by atoms with Gasteiger partial charge >= 0.3 is 5.97 Å². The third kappa shape index (κ3) is 4.47. The van der Waals surface area contributed by atoms with Gasteiger partial charge in [-0.15, -0.1) is 0 Å². The molecule has 0 aliphatic heterocycles. The van der Waals surface area contributed by atoms with Crippen LogP contribution in [0.3, 0.4) is 0 Å². The summed E-state index contributed by atoms with van der Waals surface area (Å²) in [5.41, 5.74) is 3.21. The highest BCUT2D eigenvalue weighted by molar-refractivity contribution is 5.87. The second-order valence-electron chi connectivity index (χ2n) is 6.17. The Kier molecular flexibility index (Phi) is 5.31. The minimum atomic E-state index is -0.997. The van der Waals surface area contributed by atoms with Gasteiger partial charge in [0.25, 0.3) is 0 Å². The lowest BCUT2D eigenvalue weighted by atomic mass is 9.95. The molecule has 1 atom stereocenters. The minimum Gasteiger partial charge on any atom is -0.478 e. The van der Waals surface area contributed by atoms with Crippen molar-refractivity contribution < 1.29 is 14.3 Å². The highest BCUT2D eigenvalue weighted by Gasteiger charge is 2.13. The van der Waals surface area contributed by atoms with Crippen LogP contribution in [-0.4, -0.2) is 26.0 Å². The van der Waals surface area contributed by atoms with Crippen molar-refractivity contribution in [1.82, 2.24) is 15.0 Å². The fraction of sp³-hybridized carbons (Fsp3) is 0.200. The number of carboxylic acids is 1. The van der Waals surface area contributed by atoms with Crippen LogP contribution in [0.15, 0.2) is 55.0 Å². The molecule has 1 aromatic carbocycles. The monoisotopic (exact) mass is 351 g/mol. The third-order valence-electron chi connectivity index (χ3n) is 4.11. The normalized spacial score (nSPS) is 11.9. The van der Waals surface area contributed by atoms with Crippen LogP contribution in [-0.2, 0) is 12.8 Å². The molecule has 2 aromatic heterocycles. The first kappa shape index (κ1) is 17.7. The van der Waals surface area contributed by atoms with Crippen LogP contribution >= 0.6 is 0 Å². The van der Waals surface area contributed by atoms with Crippen molar-refractivity contribution in [3.63, 3.8) is 0 Å². The lowest BCUT2D eigenvalue weighted by Crippen LogP contribution is -2.07. The fourth-order valence-electron chi connectivity index (χ4n) is 2.80. The molecule has 0 saturated heterocycles. The van der Waals surface area contributed by atoms with Gasteiger partial charge in [-0.2, -0.15) is 0 Å². The number of aromatic nitrogens is 3. The summed E-state index contributed by atoms with van der Waals surface area (Å²) in [4.78, 5) is 24.3. The van der Waals surface area contributed by atoms with Gasteiger partial charge < -0.3 is 5.11 Å². The fourth-order valence-corrected chi connectivity index (χ4v) is 2.80. The van der Waals surface area contributed by atoms with Crippen molar-refractivity contribution in [3.8, 4) is 0 Å². The summed E-state index contributed by atoms with van der Waals surface area (Å²) >= 11 is 0. The molecule has 132 valence electrons. The van der Waals surface area contributed by atoms with Crippen molar-refractivity contribution in [3.05, 3.63) is 89.0 Å². The highest BCUT2D eigenvalue weighted by atomic mass is 19.1. The van der Waals surface area contributed by atoms with Gasteiger partial charge in [0.05, 0.1) is 11.3 Å². The third-order valence-corrected chi connectivity index (χ3v) is 4.11. The Balaban J connectivity index is 1.85. The summed E-state index contributed by atoms with van der Waals surface area (Å²) in [6.45, 7) is 2.00. The Bertz CT molecular complexity index is 899. The number of benzene rings is 1. The molecule has 5 nitrogen and oxygen atoms in total. The van der Waals surface area contributed by atoms with Crippen molar-refractivity contribution in [2.24, 2.45) is 0 Å². The Morgan fingerprint density at radius 1 is 1.12 bits per heavy atom. The molecule has 0 aliphatic rings. The second-order valence-corrected chi connectivity index (χ2v) is 6.17. The zero-order valence-corrected chi connectivity index (χ0v) is 14.3. The van der Waals surface area contributed by atoms with E-state index < -0.39 is 5.97 Å². The van der Waals surface area contributed by atoms with E-state index in [0.29, 0.717) is 24.2 Å². The molecule has 0 aliphatic carbocycles. The standard InChI is InChI=1S/C20H18FN3O2/c1-13(14-2-4-16(21)5-3-14)8-17-9-15(20(25)26)10-18(24-17)11-19-12-22-6-7-23-19/h2-7,9-10,12-13H,8,11H2,1H3,(H,25,26)/t13-/m1/s1. The maximum atomic E-state index is 13.1. The van der Waals surface area contributed by atoms with Crippen molar-refractivity contribution >= 4 is 5.97 Å². The number of carbonyl (C=O) groups is 1. The first-order valence-electron chi connectivity index (χ1n) is 8.25. The summed E-state index contributed by atoms with van der Waals surface area (Å²) < 4.78 is 13.1. The molecular formula is C20H18FN3O2. The first-order valence-corrected chi connectivity index (χ1v) is 8.25. The molecule has 2 heterocycles. The molecule has 3 aromatic rings. The van der Waals surface area contributed by atoms with Crippen molar-refractivity contribution in [1.29, 1.82) is 0 Å². The molecule has 0 fully saturated rings. The number of carboxylic acid groups (broad SMARTS) is 1. The van der Waals surface area contributed by atoms with E-state index in [9.17, 15) is 14.3 Å². The van der Waals surface area contributed by atoms with E-state index in [1.165, 1.54) is 12.1 Å². The predicted octanol–water partition coefficient (Wildman–Crippen LogP) is 3.65. The zero-order chi connectivity index (χ0) is 18.5. The van der Waals surface area contributed by atoms with E-state index in [2.05, 4.69) is 15.0 Å². The van der Waals surface area contributed by atoms with Crippen molar-refractivity contribution in [2.45, 2.75) is 25.7 Å². The molecule has 0 amide bonds. The summed E-state index contributed by atoms with van der Waals surface area (Å²) in [7, 11) is 0. The largest absolute Gasteiger partial charge is 0.478 e. The molecular weight excluding hydrogens is 333 g/mol. The van der Waals surface area contributed by atoms with Gasteiger partial charge in [-0.3, -0.25) is 15.0 Å². The molecule has 26 heavy (non-hydrogen) atoms. The van der Waals surface area contributed by atoms with Gasteiger partial charge in [0.15, 0.2) is 0 Å². The van der Waals surface area contributed by atoms with E-state index in [1.54, 1.807) is 42.9 Å². The van der Waals surface area contributed by atoms with Gasteiger partial charge in [-0.25, -0.2) is 9.18 Å². The van der Waals surface area contributed by atoms with Gasteiger partial charge in [-0.1, -0.05) is 19.1 Å². The van der Waals surface area contributed by atoms with E-state index in [0.717, 1.165) is 11.3 Å². The molecule has 6 heteroatoms. The topological polar surface area (TPSA) is 76.0 Å². The highest BCUT2D eigenvalue weighted by Crippen LogP contribution is 2.21. The van der Waals surface area contributed by atoms with Crippen LogP contribution < -0.4 is 0 Å². The molecule has 0 radical (unpaired) electrons. The number of nitrogens with zero attached hydrogens (tertiary/aromatic N) is 3. The quantitative estimate of drug-likeness (QED) is 0.734. The number of aromatic carboxylic acids is 1. The number of halogens is 1. The van der Waals surface area contributed by atoms with Crippen LogP contribution in [0, 0.1) is 5.82 Å². The minimum absolute atomic E-state index is 0.0801. The summed E-state index contributed by atoms with van der Waals surface area (Å²) in [5, 5.41) is 9.38. The molecule has 0 spiro atoms. The average molecular weight is 351 g/mol. The molecule has 3 rings (SSSR count). The van der Waals surface area contributed by atoms with Crippen LogP contribution in [0.4, 0.5) is 4.39 Å². The molecule has 0 unspecified atom stereocenters. The van der Waals surface area contributed by atoms with Gasteiger partial charge in [0.2, 0.25) is 0 Å². The maximum Gasteiger partial charge on any atom is 0.335 e. The van der Waals surface area contributed by atoms with Crippen LogP contribution in [0.1, 0.15) is 45.8 Å². The van der Waals surface area contributed by atoms with Gasteiger partial charge in [-0.05, 0) is 42.2 Å². The first-order chi connectivity index (χ1) is 12.5. The predicted molar refractivity (Wildman–Crippen MR) is 94.6 cm³/mol. The molecule has 0 bridgehead atoms. The van der Waals surface area contributed by atoms with Crippen LogP contribution in [0.25, 0.3) is 0 Å².